The third-order valence-corrected chi connectivity index (χ3v) is 8.76. The Morgan fingerprint density at radius 1 is 1.21 bits per heavy atom. The minimum atomic E-state index is -3.56. The van der Waals surface area contributed by atoms with Gasteiger partial charge in [-0.2, -0.15) is 4.31 Å². The number of carbonyl (C=O) groups is 1. The van der Waals surface area contributed by atoms with E-state index >= 15 is 0 Å². The predicted molar refractivity (Wildman–Crippen MR) is 115 cm³/mol. The summed E-state index contributed by atoms with van der Waals surface area (Å²) < 4.78 is 28.7. The van der Waals surface area contributed by atoms with Crippen LogP contribution in [0.1, 0.15) is 36.9 Å². The fourth-order valence-electron chi connectivity index (χ4n) is 3.10. The Kier molecular flexibility index (Phi) is 7.14. The molecule has 1 fully saturated rings. The molecule has 152 valence electrons. The molecule has 0 atom stereocenters. The molecule has 0 spiro atoms. The number of sulfonamides is 1. The summed E-state index contributed by atoms with van der Waals surface area (Å²) in [5, 5.41) is 4.75. The fourth-order valence-corrected chi connectivity index (χ4v) is 6.52. The van der Waals surface area contributed by atoms with Crippen LogP contribution < -0.4 is 5.32 Å². The molecule has 9 heteroatoms. The van der Waals surface area contributed by atoms with Crippen LogP contribution in [0.15, 0.2) is 32.8 Å². The van der Waals surface area contributed by atoms with Gasteiger partial charge in [0.2, 0.25) is 15.9 Å². The lowest BCUT2D eigenvalue weighted by Gasteiger charge is -2.21. The molecule has 1 saturated heterocycles. The molecular weight excluding hydrogens is 414 g/mol. The molecule has 2 aromatic rings. The molecule has 1 aliphatic rings. The van der Waals surface area contributed by atoms with Crippen LogP contribution in [0, 0.1) is 13.8 Å². The molecule has 0 unspecified atom stereocenters. The van der Waals surface area contributed by atoms with Gasteiger partial charge in [-0.1, -0.05) is 30.7 Å². The van der Waals surface area contributed by atoms with Crippen molar-refractivity contribution < 1.29 is 13.2 Å². The molecule has 0 radical (unpaired) electrons. The molecule has 3 rings (SSSR count). The number of rotatable bonds is 6. The molecule has 0 aliphatic carbocycles. The first kappa shape index (κ1) is 21.3. The van der Waals surface area contributed by atoms with Crippen LogP contribution in [0.5, 0.6) is 0 Å². The van der Waals surface area contributed by atoms with E-state index in [1.54, 1.807) is 29.4 Å². The molecule has 1 aliphatic heterocycles. The van der Waals surface area contributed by atoms with E-state index in [1.807, 2.05) is 12.3 Å². The SMILES string of the molecule is Cc1csc(SCC(=O)Nc2ccc(C)c(S(=O)(=O)N3CCCCCC3)c2)n1. The Balaban J connectivity index is 1.70. The van der Waals surface area contributed by atoms with E-state index in [2.05, 4.69) is 10.3 Å². The van der Waals surface area contributed by atoms with Crippen molar-refractivity contribution in [3.63, 3.8) is 0 Å². The normalized spacial score (nSPS) is 15.9. The van der Waals surface area contributed by atoms with Gasteiger partial charge in [0.25, 0.3) is 0 Å². The van der Waals surface area contributed by atoms with Crippen molar-refractivity contribution in [2.75, 3.05) is 24.2 Å². The summed E-state index contributed by atoms with van der Waals surface area (Å²) in [7, 11) is -3.56. The van der Waals surface area contributed by atoms with E-state index in [9.17, 15) is 13.2 Å². The van der Waals surface area contributed by atoms with Gasteiger partial charge in [-0.15, -0.1) is 11.3 Å². The van der Waals surface area contributed by atoms with E-state index in [1.165, 1.54) is 23.1 Å². The van der Waals surface area contributed by atoms with Crippen molar-refractivity contribution in [1.29, 1.82) is 0 Å². The first-order valence-electron chi connectivity index (χ1n) is 9.32. The summed E-state index contributed by atoms with van der Waals surface area (Å²) in [6, 6.07) is 5.07. The smallest absolute Gasteiger partial charge is 0.243 e. The van der Waals surface area contributed by atoms with Gasteiger partial charge < -0.3 is 5.32 Å². The number of amides is 1. The molecule has 1 amide bonds. The average Bonchev–Trinajstić information content (AvgIpc) is 2.90. The quantitative estimate of drug-likeness (QED) is 0.687. The van der Waals surface area contributed by atoms with Crippen molar-refractivity contribution in [3.8, 4) is 0 Å². The molecule has 2 heterocycles. The van der Waals surface area contributed by atoms with Gasteiger partial charge in [0.1, 0.15) is 0 Å². The number of anilines is 1. The summed E-state index contributed by atoms with van der Waals surface area (Å²) in [6.45, 7) is 4.82. The number of thiazole rings is 1. The number of aromatic nitrogens is 1. The van der Waals surface area contributed by atoms with Crippen LogP contribution in [-0.4, -0.2) is 42.5 Å². The topological polar surface area (TPSA) is 79.4 Å². The van der Waals surface area contributed by atoms with Crippen molar-refractivity contribution in [1.82, 2.24) is 9.29 Å². The van der Waals surface area contributed by atoms with Crippen LogP contribution in [0.2, 0.25) is 0 Å². The highest BCUT2D eigenvalue weighted by molar-refractivity contribution is 8.01. The third-order valence-electron chi connectivity index (χ3n) is 4.58. The van der Waals surface area contributed by atoms with Crippen molar-refractivity contribution >= 4 is 44.7 Å². The monoisotopic (exact) mass is 439 g/mol. The minimum absolute atomic E-state index is 0.181. The maximum absolute atomic E-state index is 13.1. The number of thioether (sulfide) groups is 1. The van der Waals surface area contributed by atoms with E-state index in [-0.39, 0.29) is 16.6 Å². The second-order valence-corrected chi connectivity index (χ2v) is 10.9. The van der Waals surface area contributed by atoms with Gasteiger partial charge in [-0.3, -0.25) is 4.79 Å². The predicted octanol–water partition coefficient (Wildman–Crippen LogP) is 4.06. The summed E-state index contributed by atoms with van der Waals surface area (Å²) in [4.78, 5) is 16.9. The zero-order valence-corrected chi connectivity index (χ0v) is 18.6. The Bertz CT molecular complexity index is 933. The van der Waals surface area contributed by atoms with Crippen LogP contribution in [0.4, 0.5) is 5.69 Å². The van der Waals surface area contributed by atoms with Crippen LogP contribution >= 0.6 is 23.1 Å². The molecule has 0 saturated carbocycles. The molecule has 1 aromatic carbocycles. The summed E-state index contributed by atoms with van der Waals surface area (Å²) >= 11 is 2.89. The van der Waals surface area contributed by atoms with E-state index < -0.39 is 10.0 Å². The molecule has 1 N–H and O–H groups in total. The summed E-state index contributed by atoms with van der Waals surface area (Å²) in [5.74, 6) is 0.0505. The maximum Gasteiger partial charge on any atom is 0.243 e. The highest BCUT2D eigenvalue weighted by Gasteiger charge is 2.27. The Morgan fingerprint density at radius 3 is 2.57 bits per heavy atom. The van der Waals surface area contributed by atoms with Gasteiger partial charge in [-0.05, 0) is 44.4 Å². The lowest BCUT2D eigenvalue weighted by atomic mass is 10.2. The summed E-state index contributed by atoms with van der Waals surface area (Å²) in [5.41, 5.74) is 2.13. The highest BCUT2D eigenvalue weighted by atomic mass is 32.2. The number of hydrogen-bond acceptors (Lipinski definition) is 6. The van der Waals surface area contributed by atoms with E-state index in [4.69, 9.17) is 0 Å². The van der Waals surface area contributed by atoms with Gasteiger partial charge in [-0.25, -0.2) is 13.4 Å². The van der Waals surface area contributed by atoms with Crippen LogP contribution in [0.3, 0.4) is 0 Å². The van der Waals surface area contributed by atoms with Crippen molar-refractivity contribution in [3.05, 3.63) is 34.8 Å². The lowest BCUT2D eigenvalue weighted by molar-refractivity contribution is -0.113. The lowest BCUT2D eigenvalue weighted by Crippen LogP contribution is -2.32. The second-order valence-electron chi connectivity index (χ2n) is 6.89. The van der Waals surface area contributed by atoms with Crippen LogP contribution in [0.25, 0.3) is 0 Å². The van der Waals surface area contributed by atoms with Crippen molar-refractivity contribution in [2.24, 2.45) is 0 Å². The maximum atomic E-state index is 13.1. The Labute approximate surface area is 174 Å². The number of benzene rings is 1. The third kappa shape index (κ3) is 5.34. The standard InChI is InChI=1S/C19H25N3O3S3/c1-14-7-8-16(21-18(23)13-27-19-20-15(2)12-26-19)11-17(14)28(24,25)22-9-5-3-4-6-10-22/h7-8,11-12H,3-6,9-10,13H2,1-2H3,(H,21,23). The molecule has 6 nitrogen and oxygen atoms in total. The van der Waals surface area contributed by atoms with Gasteiger partial charge in [0, 0.05) is 29.9 Å². The van der Waals surface area contributed by atoms with E-state index in [0.29, 0.717) is 24.3 Å². The number of nitrogens with one attached hydrogen (secondary N) is 1. The van der Waals surface area contributed by atoms with Gasteiger partial charge in [0.15, 0.2) is 4.34 Å². The minimum Gasteiger partial charge on any atom is -0.325 e. The first-order chi connectivity index (χ1) is 13.4. The van der Waals surface area contributed by atoms with Crippen LogP contribution in [-0.2, 0) is 14.8 Å². The van der Waals surface area contributed by atoms with Crippen molar-refractivity contribution in [2.45, 2.75) is 48.8 Å². The first-order valence-corrected chi connectivity index (χ1v) is 12.6. The average molecular weight is 440 g/mol. The largest absolute Gasteiger partial charge is 0.325 e. The fraction of sp³-hybridized carbons (Fsp3) is 0.474. The molecule has 28 heavy (non-hydrogen) atoms. The number of hydrogen-bond donors (Lipinski definition) is 1. The second kappa shape index (κ2) is 9.39. The Hall–Kier alpha value is -1.42. The number of aryl methyl sites for hydroxylation is 2. The number of carbonyl (C=O) groups excluding carboxylic acids is 1. The van der Waals surface area contributed by atoms with Gasteiger partial charge in [0.05, 0.1) is 10.6 Å². The zero-order valence-electron chi connectivity index (χ0n) is 16.1. The van der Waals surface area contributed by atoms with Gasteiger partial charge >= 0.3 is 0 Å². The molecule has 0 bridgehead atoms. The summed E-state index contributed by atoms with van der Waals surface area (Å²) in [6.07, 6.45) is 3.92. The van der Waals surface area contributed by atoms with E-state index in [0.717, 1.165) is 35.7 Å². The molecule has 1 aromatic heterocycles. The molecular formula is C19H25N3O3S3. The highest BCUT2D eigenvalue weighted by Crippen LogP contribution is 2.26. The zero-order chi connectivity index (χ0) is 20.1. The number of nitrogens with zero attached hydrogens (tertiary/aromatic N) is 2. The Morgan fingerprint density at radius 2 is 1.93 bits per heavy atom.